The van der Waals surface area contributed by atoms with Crippen molar-refractivity contribution in [3.8, 4) is 0 Å². The molecule has 0 aromatic heterocycles. The second-order valence-corrected chi connectivity index (χ2v) is 5.36. The van der Waals surface area contributed by atoms with Gasteiger partial charge in [0, 0.05) is 24.9 Å². The molecule has 1 amide bonds. The van der Waals surface area contributed by atoms with E-state index in [0.29, 0.717) is 6.42 Å². The highest BCUT2D eigenvalue weighted by atomic mass is 16.6. The summed E-state index contributed by atoms with van der Waals surface area (Å²) >= 11 is 0. The van der Waals surface area contributed by atoms with Gasteiger partial charge in [-0.05, 0) is 18.9 Å². The molecule has 1 fully saturated rings. The van der Waals surface area contributed by atoms with E-state index in [1.54, 1.807) is 7.05 Å². The van der Waals surface area contributed by atoms with Crippen LogP contribution in [0.1, 0.15) is 36.0 Å². The van der Waals surface area contributed by atoms with Crippen LogP contribution < -0.4 is 5.73 Å². The lowest BCUT2D eigenvalue weighted by molar-refractivity contribution is -0.384. The zero-order valence-corrected chi connectivity index (χ0v) is 11.9. The second kappa shape index (κ2) is 6.09. The van der Waals surface area contributed by atoms with Crippen LogP contribution in [0.4, 0.5) is 11.4 Å². The number of rotatable bonds is 3. The number of nitro benzene ring substituents is 1. The van der Waals surface area contributed by atoms with Gasteiger partial charge in [0.15, 0.2) is 0 Å². The van der Waals surface area contributed by atoms with Gasteiger partial charge in [-0.25, -0.2) is 0 Å². The summed E-state index contributed by atoms with van der Waals surface area (Å²) in [6.45, 7) is 0. The smallest absolute Gasteiger partial charge is 0.270 e. The van der Waals surface area contributed by atoms with E-state index in [1.807, 2.05) is 0 Å². The van der Waals surface area contributed by atoms with Crippen LogP contribution in [-0.2, 0) is 0 Å². The maximum atomic E-state index is 12.5. The first-order valence-corrected chi connectivity index (χ1v) is 6.91. The third-order valence-electron chi connectivity index (χ3n) is 3.99. The number of aliphatic hydroxyl groups excluding tert-OH is 1. The molecule has 114 valence electrons. The normalized spacial score (nSPS) is 21.8. The monoisotopic (exact) mass is 293 g/mol. The largest absolute Gasteiger partial charge is 0.398 e. The summed E-state index contributed by atoms with van der Waals surface area (Å²) in [5.41, 5.74) is 5.88. The molecule has 1 saturated carbocycles. The highest BCUT2D eigenvalue weighted by Crippen LogP contribution is 2.26. The van der Waals surface area contributed by atoms with Crippen molar-refractivity contribution in [2.45, 2.75) is 37.8 Å². The fraction of sp³-hybridized carbons (Fsp3) is 0.500. The number of aliphatic hydroxyl groups is 1. The highest BCUT2D eigenvalue weighted by molar-refractivity contribution is 5.99. The average molecular weight is 293 g/mol. The Hall–Kier alpha value is -2.15. The van der Waals surface area contributed by atoms with Crippen molar-refractivity contribution in [3.63, 3.8) is 0 Å². The summed E-state index contributed by atoms with van der Waals surface area (Å²) in [4.78, 5) is 24.2. The fourth-order valence-corrected chi connectivity index (χ4v) is 2.73. The Morgan fingerprint density at radius 2 is 2.10 bits per heavy atom. The van der Waals surface area contributed by atoms with Crippen molar-refractivity contribution in [3.05, 3.63) is 33.9 Å². The summed E-state index contributed by atoms with van der Waals surface area (Å²) in [7, 11) is 1.60. The molecule has 0 heterocycles. The van der Waals surface area contributed by atoms with Gasteiger partial charge in [0.2, 0.25) is 0 Å². The van der Waals surface area contributed by atoms with Crippen LogP contribution in [0.3, 0.4) is 0 Å². The molecule has 21 heavy (non-hydrogen) atoms. The number of nitro groups is 1. The molecule has 7 nitrogen and oxygen atoms in total. The number of non-ortho nitro benzene ring substituents is 1. The molecule has 2 unspecified atom stereocenters. The van der Waals surface area contributed by atoms with Crippen LogP contribution in [0, 0.1) is 10.1 Å². The van der Waals surface area contributed by atoms with Crippen molar-refractivity contribution in [1.82, 2.24) is 4.90 Å². The van der Waals surface area contributed by atoms with E-state index in [2.05, 4.69) is 0 Å². The van der Waals surface area contributed by atoms with Crippen molar-refractivity contribution in [1.29, 1.82) is 0 Å². The summed E-state index contributed by atoms with van der Waals surface area (Å²) < 4.78 is 0. The van der Waals surface area contributed by atoms with Crippen LogP contribution in [-0.4, -0.2) is 40.0 Å². The molecule has 7 heteroatoms. The lowest BCUT2D eigenvalue weighted by Gasteiger charge is -2.35. The molecule has 1 aliphatic rings. The number of amides is 1. The molecule has 2 atom stereocenters. The molecule has 1 aromatic rings. The van der Waals surface area contributed by atoms with E-state index in [-0.39, 0.29) is 23.0 Å². The maximum absolute atomic E-state index is 12.5. The molecule has 0 bridgehead atoms. The number of likely N-dealkylation sites (N-methyl/N-ethyl adjacent to an activating group) is 1. The van der Waals surface area contributed by atoms with Crippen LogP contribution >= 0.6 is 0 Å². The molecule has 0 aliphatic heterocycles. The van der Waals surface area contributed by atoms with Gasteiger partial charge in [0.25, 0.3) is 11.6 Å². The van der Waals surface area contributed by atoms with Crippen molar-refractivity contribution >= 4 is 17.3 Å². The summed E-state index contributed by atoms with van der Waals surface area (Å²) in [5, 5.41) is 20.8. The van der Waals surface area contributed by atoms with E-state index >= 15 is 0 Å². The first kappa shape index (κ1) is 15.2. The zero-order valence-electron chi connectivity index (χ0n) is 11.9. The van der Waals surface area contributed by atoms with E-state index in [9.17, 15) is 20.0 Å². The Morgan fingerprint density at radius 3 is 2.71 bits per heavy atom. The Bertz CT molecular complexity index is 561. The van der Waals surface area contributed by atoms with Crippen LogP contribution in [0.5, 0.6) is 0 Å². The highest BCUT2D eigenvalue weighted by Gasteiger charge is 2.31. The number of nitrogens with two attached hydrogens (primary N) is 1. The van der Waals surface area contributed by atoms with Gasteiger partial charge < -0.3 is 15.7 Å². The van der Waals surface area contributed by atoms with E-state index in [4.69, 9.17) is 5.73 Å². The minimum Gasteiger partial charge on any atom is -0.398 e. The minimum absolute atomic E-state index is 0.101. The number of carbonyl (C=O) groups excluding carboxylic acids is 1. The van der Waals surface area contributed by atoms with Gasteiger partial charge in [0.05, 0.1) is 22.6 Å². The van der Waals surface area contributed by atoms with Crippen LogP contribution in [0.15, 0.2) is 18.2 Å². The Morgan fingerprint density at radius 1 is 1.43 bits per heavy atom. The van der Waals surface area contributed by atoms with Gasteiger partial charge in [-0.3, -0.25) is 14.9 Å². The van der Waals surface area contributed by atoms with Crippen molar-refractivity contribution in [2.24, 2.45) is 0 Å². The van der Waals surface area contributed by atoms with E-state index < -0.39 is 16.9 Å². The number of anilines is 1. The summed E-state index contributed by atoms with van der Waals surface area (Å²) in [6, 6.07) is 3.53. The topological polar surface area (TPSA) is 110 Å². The number of nitrogen functional groups attached to an aromatic ring is 1. The summed E-state index contributed by atoms with van der Waals surface area (Å²) in [6.07, 6.45) is 2.71. The van der Waals surface area contributed by atoms with Gasteiger partial charge in [-0.1, -0.05) is 12.8 Å². The lowest BCUT2D eigenvalue weighted by atomic mass is 9.91. The first-order chi connectivity index (χ1) is 9.91. The SMILES string of the molecule is CN(C(=O)c1cc([N+](=O)[O-])ccc1N)C1CCCCC1O. The number of carbonyl (C=O) groups is 1. The van der Waals surface area contributed by atoms with Gasteiger partial charge in [-0.15, -0.1) is 0 Å². The number of nitrogens with zero attached hydrogens (tertiary/aromatic N) is 2. The van der Waals surface area contributed by atoms with E-state index in [1.165, 1.54) is 23.1 Å². The molecule has 3 N–H and O–H groups in total. The van der Waals surface area contributed by atoms with Crippen molar-refractivity contribution in [2.75, 3.05) is 12.8 Å². The molecule has 0 saturated heterocycles. The van der Waals surface area contributed by atoms with Gasteiger partial charge in [-0.2, -0.15) is 0 Å². The second-order valence-electron chi connectivity index (χ2n) is 5.36. The fourth-order valence-electron chi connectivity index (χ4n) is 2.73. The lowest BCUT2D eigenvalue weighted by Crippen LogP contribution is -2.46. The number of benzene rings is 1. The van der Waals surface area contributed by atoms with Gasteiger partial charge in [0.1, 0.15) is 0 Å². The van der Waals surface area contributed by atoms with Crippen molar-refractivity contribution < 1.29 is 14.8 Å². The minimum atomic E-state index is -0.564. The third-order valence-corrected chi connectivity index (χ3v) is 3.99. The molecule has 2 rings (SSSR count). The summed E-state index contributed by atoms with van der Waals surface area (Å²) in [5.74, 6) is -0.401. The molecular weight excluding hydrogens is 274 g/mol. The Labute approximate surface area is 122 Å². The predicted octanol–water partition coefficient (Wildman–Crippen LogP) is 1.55. The average Bonchev–Trinajstić information content (AvgIpc) is 2.46. The van der Waals surface area contributed by atoms with Crippen LogP contribution in [0.25, 0.3) is 0 Å². The quantitative estimate of drug-likeness (QED) is 0.499. The standard InChI is InChI=1S/C14H19N3O4/c1-16(12-4-2-3-5-13(12)18)14(19)10-8-9(17(20)21)6-7-11(10)15/h6-8,12-13,18H,2-5,15H2,1H3. The predicted molar refractivity (Wildman–Crippen MR) is 77.9 cm³/mol. The number of hydrogen-bond donors (Lipinski definition) is 2. The first-order valence-electron chi connectivity index (χ1n) is 6.91. The maximum Gasteiger partial charge on any atom is 0.270 e. The molecule has 1 aliphatic carbocycles. The molecule has 0 spiro atoms. The van der Waals surface area contributed by atoms with Gasteiger partial charge >= 0.3 is 0 Å². The Kier molecular flexibility index (Phi) is 4.42. The third kappa shape index (κ3) is 3.13. The zero-order chi connectivity index (χ0) is 15.6. The molecule has 0 radical (unpaired) electrons. The van der Waals surface area contributed by atoms with Crippen LogP contribution in [0.2, 0.25) is 0 Å². The molecular formula is C14H19N3O4. The number of hydrogen-bond acceptors (Lipinski definition) is 5. The van der Waals surface area contributed by atoms with E-state index in [0.717, 1.165) is 19.3 Å². The Balaban J connectivity index is 2.26. The molecule has 1 aromatic carbocycles.